The molecule has 3 amide bonds. The molecular formula is C17H16Cl2N4O3. The molecule has 1 heterocycles. The number of rotatable bonds is 6. The fourth-order valence-corrected chi connectivity index (χ4v) is 2.50. The minimum Gasteiger partial charge on any atom is -0.435 e. The number of anilines is 1. The van der Waals surface area contributed by atoms with Crippen molar-refractivity contribution in [3.8, 4) is 11.6 Å². The van der Waals surface area contributed by atoms with Crippen LogP contribution in [0.1, 0.15) is 12.8 Å². The number of aromatic nitrogens is 1. The number of imide groups is 1. The number of nitrogens with one attached hydrogen (secondary N) is 3. The Balaban J connectivity index is 1.59. The number of carbonyl (C=O) groups excluding carboxylic acids is 2. The molecule has 7 nitrogen and oxygen atoms in total. The van der Waals surface area contributed by atoms with Gasteiger partial charge in [0.25, 0.3) is 0 Å². The molecule has 1 saturated carbocycles. The first-order valence-electron chi connectivity index (χ1n) is 7.93. The minimum atomic E-state index is -0.485. The van der Waals surface area contributed by atoms with Crippen LogP contribution in [0.2, 0.25) is 10.0 Å². The van der Waals surface area contributed by atoms with Crippen LogP contribution in [0.4, 0.5) is 10.5 Å². The van der Waals surface area contributed by atoms with Crippen molar-refractivity contribution in [2.24, 2.45) is 0 Å². The van der Waals surface area contributed by atoms with E-state index in [1.807, 2.05) is 0 Å². The van der Waals surface area contributed by atoms with Crippen LogP contribution in [0.3, 0.4) is 0 Å². The van der Waals surface area contributed by atoms with Gasteiger partial charge in [-0.1, -0.05) is 35.3 Å². The van der Waals surface area contributed by atoms with Crippen LogP contribution in [-0.2, 0) is 4.79 Å². The molecule has 0 spiro atoms. The van der Waals surface area contributed by atoms with E-state index in [1.54, 1.807) is 24.3 Å². The highest BCUT2D eigenvalue weighted by Crippen LogP contribution is 2.33. The molecule has 0 radical (unpaired) electrons. The van der Waals surface area contributed by atoms with Crippen LogP contribution in [0.5, 0.6) is 11.6 Å². The average Bonchev–Trinajstić information content (AvgIpc) is 3.40. The van der Waals surface area contributed by atoms with E-state index in [4.69, 9.17) is 27.9 Å². The Kier molecular flexibility index (Phi) is 5.80. The van der Waals surface area contributed by atoms with Gasteiger partial charge in [0.1, 0.15) is 5.02 Å². The Bertz CT molecular complexity index is 827. The quantitative estimate of drug-likeness (QED) is 0.696. The molecule has 0 atom stereocenters. The highest BCUT2D eigenvalue weighted by molar-refractivity contribution is 6.35. The van der Waals surface area contributed by atoms with Gasteiger partial charge in [0.2, 0.25) is 11.8 Å². The molecule has 0 bridgehead atoms. The number of benzene rings is 1. The number of hydrogen-bond donors (Lipinski definition) is 3. The van der Waals surface area contributed by atoms with E-state index in [0.717, 1.165) is 12.8 Å². The lowest BCUT2D eigenvalue weighted by Gasteiger charge is -2.13. The monoisotopic (exact) mass is 394 g/mol. The number of pyridine rings is 1. The van der Waals surface area contributed by atoms with Gasteiger partial charge >= 0.3 is 6.03 Å². The largest absolute Gasteiger partial charge is 0.435 e. The summed E-state index contributed by atoms with van der Waals surface area (Å²) in [4.78, 5) is 27.5. The molecule has 1 aromatic carbocycles. The van der Waals surface area contributed by atoms with Gasteiger partial charge in [0, 0.05) is 12.2 Å². The van der Waals surface area contributed by atoms with Crippen LogP contribution < -0.4 is 20.7 Å². The van der Waals surface area contributed by atoms with Crippen LogP contribution in [0.15, 0.2) is 36.5 Å². The van der Waals surface area contributed by atoms with E-state index in [-0.39, 0.29) is 23.5 Å². The standard InChI is InChI=1S/C17H16Cl2N4O3/c18-10-7-12(19)16(21-8-10)26-14-4-2-1-3-13(14)20-9-15(24)23-17(25)22-11-5-6-11/h1-4,7-8,11,20H,5-6,9H2,(H2,22,23,24,25). The summed E-state index contributed by atoms with van der Waals surface area (Å²) in [6.07, 6.45) is 3.32. The number of halogens is 2. The zero-order chi connectivity index (χ0) is 18.5. The number of nitrogens with zero attached hydrogens (tertiary/aromatic N) is 1. The van der Waals surface area contributed by atoms with Crippen LogP contribution >= 0.6 is 23.2 Å². The van der Waals surface area contributed by atoms with Gasteiger partial charge in [0.15, 0.2) is 5.75 Å². The fraction of sp³-hybridized carbons (Fsp3) is 0.235. The normalized spacial score (nSPS) is 13.0. The minimum absolute atomic E-state index is 0.0970. The van der Waals surface area contributed by atoms with Crippen molar-refractivity contribution in [1.82, 2.24) is 15.6 Å². The van der Waals surface area contributed by atoms with Crippen molar-refractivity contribution in [3.63, 3.8) is 0 Å². The first-order valence-corrected chi connectivity index (χ1v) is 8.69. The van der Waals surface area contributed by atoms with E-state index in [1.165, 1.54) is 12.3 Å². The highest BCUT2D eigenvalue weighted by Gasteiger charge is 2.23. The number of urea groups is 1. The molecule has 2 aromatic rings. The maximum atomic E-state index is 11.9. The number of ether oxygens (including phenoxy) is 1. The summed E-state index contributed by atoms with van der Waals surface area (Å²) < 4.78 is 5.69. The second-order valence-electron chi connectivity index (χ2n) is 5.69. The van der Waals surface area contributed by atoms with Crippen molar-refractivity contribution in [2.45, 2.75) is 18.9 Å². The molecule has 0 unspecified atom stereocenters. The molecular weight excluding hydrogens is 379 g/mol. The van der Waals surface area contributed by atoms with Gasteiger partial charge in [-0.15, -0.1) is 0 Å². The molecule has 1 aliphatic carbocycles. The van der Waals surface area contributed by atoms with Crippen molar-refractivity contribution in [3.05, 3.63) is 46.6 Å². The molecule has 0 aliphatic heterocycles. The van der Waals surface area contributed by atoms with Crippen LogP contribution in [0, 0.1) is 0 Å². The zero-order valence-corrected chi connectivity index (χ0v) is 15.1. The number of carbonyl (C=O) groups is 2. The lowest BCUT2D eigenvalue weighted by molar-refractivity contribution is -0.118. The Hall–Kier alpha value is -2.51. The summed E-state index contributed by atoms with van der Waals surface area (Å²) in [6, 6.07) is 8.20. The summed E-state index contributed by atoms with van der Waals surface area (Å²) in [7, 11) is 0. The Labute approximate surface area is 160 Å². The maximum Gasteiger partial charge on any atom is 0.321 e. The highest BCUT2D eigenvalue weighted by atomic mass is 35.5. The van der Waals surface area contributed by atoms with Crippen LogP contribution in [-0.4, -0.2) is 29.5 Å². The number of para-hydroxylation sites is 2. The predicted molar refractivity (Wildman–Crippen MR) is 99.0 cm³/mol. The Morgan fingerprint density at radius 1 is 1.23 bits per heavy atom. The Morgan fingerprint density at radius 2 is 2.00 bits per heavy atom. The summed E-state index contributed by atoms with van der Waals surface area (Å²) in [6.45, 7) is -0.0970. The molecule has 3 N–H and O–H groups in total. The fourth-order valence-electron chi connectivity index (χ4n) is 2.08. The third-order valence-electron chi connectivity index (χ3n) is 3.47. The van der Waals surface area contributed by atoms with Gasteiger partial charge in [-0.2, -0.15) is 0 Å². The van der Waals surface area contributed by atoms with Gasteiger partial charge in [-0.25, -0.2) is 9.78 Å². The van der Waals surface area contributed by atoms with E-state index >= 15 is 0 Å². The summed E-state index contributed by atoms with van der Waals surface area (Å²) in [5.41, 5.74) is 0.554. The summed E-state index contributed by atoms with van der Waals surface area (Å²) in [5, 5.41) is 8.53. The molecule has 1 aromatic heterocycles. The molecule has 1 aliphatic rings. The van der Waals surface area contributed by atoms with E-state index in [0.29, 0.717) is 16.5 Å². The van der Waals surface area contributed by atoms with Crippen LogP contribution in [0.25, 0.3) is 0 Å². The average molecular weight is 395 g/mol. The molecule has 9 heteroatoms. The van der Waals surface area contributed by atoms with Gasteiger partial charge in [0.05, 0.1) is 17.3 Å². The first kappa shape index (κ1) is 18.3. The lowest BCUT2D eigenvalue weighted by Crippen LogP contribution is -2.42. The lowest BCUT2D eigenvalue weighted by atomic mass is 10.3. The van der Waals surface area contributed by atoms with Gasteiger partial charge < -0.3 is 15.4 Å². The zero-order valence-electron chi connectivity index (χ0n) is 13.6. The smallest absolute Gasteiger partial charge is 0.321 e. The predicted octanol–water partition coefficient (Wildman–Crippen LogP) is 3.58. The number of amides is 3. The Morgan fingerprint density at radius 3 is 2.73 bits per heavy atom. The molecule has 3 rings (SSSR count). The van der Waals surface area contributed by atoms with Crippen molar-refractivity contribution in [1.29, 1.82) is 0 Å². The van der Waals surface area contributed by atoms with Gasteiger partial charge in [-0.05, 0) is 31.0 Å². The van der Waals surface area contributed by atoms with E-state index in [9.17, 15) is 9.59 Å². The maximum absolute atomic E-state index is 11.9. The first-order chi connectivity index (χ1) is 12.5. The molecule has 1 fully saturated rings. The van der Waals surface area contributed by atoms with E-state index < -0.39 is 11.9 Å². The van der Waals surface area contributed by atoms with Gasteiger partial charge in [-0.3, -0.25) is 10.1 Å². The van der Waals surface area contributed by atoms with Crippen molar-refractivity contribution < 1.29 is 14.3 Å². The third-order valence-corrected chi connectivity index (χ3v) is 3.95. The molecule has 136 valence electrons. The summed E-state index contributed by atoms with van der Waals surface area (Å²) >= 11 is 11.9. The molecule has 26 heavy (non-hydrogen) atoms. The number of hydrogen-bond acceptors (Lipinski definition) is 5. The van der Waals surface area contributed by atoms with E-state index in [2.05, 4.69) is 20.9 Å². The van der Waals surface area contributed by atoms with Crippen molar-refractivity contribution in [2.75, 3.05) is 11.9 Å². The second-order valence-corrected chi connectivity index (χ2v) is 6.53. The topological polar surface area (TPSA) is 92.3 Å². The summed E-state index contributed by atoms with van der Waals surface area (Å²) in [5.74, 6) is 0.165. The molecule has 0 saturated heterocycles. The van der Waals surface area contributed by atoms with Crippen molar-refractivity contribution >= 4 is 40.8 Å². The third kappa shape index (κ3) is 5.24. The second kappa shape index (κ2) is 8.25. The SMILES string of the molecule is O=C(CNc1ccccc1Oc1ncc(Cl)cc1Cl)NC(=O)NC1CC1.